The zero-order chi connectivity index (χ0) is 13.5. The lowest BCUT2D eigenvalue weighted by atomic mass is 10.1. The van der Waals surface area contributed by atoms with Gasteiger partial charge < -0.3 is 0 Å². The highest BCUT2D eigenvalue weighted by atomic mass is 19.4. The van der Waals surface area contributed by atoms with Crippen LogP contribution in [0, 0.1) is 0 Å². The van der Waals surface area contributed by atoms with Crippen molar-refractivity contribution in [3.8, 4) is 5.69 Å². The Morgan fingerprint density at radius 3 is 2.53 bits per heavy atom. The molecule has 96 valence electrons. The number of hydrogen-bond donors (Lipinski definition) is 0. The zero-order valence-electron chi connectivity index (χ0n) is 9.59. The Kier molecular flexibility index (Phi) is 2.51. The lowest BCUT2D eigenvalue weighted by Crippen LogP contribution is -2.05. The summed E-state index contributed by atoms with van der Waals surface area (Å²) in [5, 5.41) is 4.10. The summed E-state index contributed by atoms with van der Waals surface area (Å²) in [6.07, 6.45) is -0.0174. The third kappa shape index (κ3) is 1.95. The lowest BCUT2D eigenvalue weighted by Gasteiger charge is -2.08. The molecule has 0 unspecified atom stereocenters. The highest BCUT2D eigenvalue weighted by Crippen LogP contribution is 2.34. The van der Waals surface area contributed by atoms with Crippen LogP contribution in [0.2, 0.25) is 0 Å². The molecular formula is C13H8F3N3. The van der Waals surface area contributed by atoms with Crippen molar-refractivity contribution in [2.75, 3.05) is 0 Å². The highest BCUT2D eigenvalue weighted by molar-refractivity contribution is 5.84. The van der Waals surface area contributed by atoms with E-state index >= 15 is 0 Å². The number of hydrogen-bond acceptors (Lipinski definition) is 2. The fraction of sp³-hybridized carbons (Fsp3) is 0.0769. The predicted octanol–water partition coefficient (Wildman–Crippen LogP) is 3.44. The van der Waals surface area contributed by atoms with Gasteiger partial charge in [0.15, 0.2) is 0 Å². The van der Waals surface area contributed by atoms with E-state index in [2.05, 4.69) is 10.1 Å². The van der Waals surface area contributed by atoms with Crippen molar-refractivity contribution in [3.05, 3.63) is 54.5 Å². The van der Waals surface area contributed by atoms with Crippen LogP contribution in [0.1, 0.15) is 5.56 Å². The second kappa shape index (κ2) is 4.08. The number of pyridine rings is 1. The summed E-state index contributed by atoms with van der Waals surface area (Å²) >= 11 is 0. The van der Waals surface area contributed by atoms with Crippen LogP contribution in [0.15, 0.2) is 48.9 Å². The first kappa shape index (κ1) is 11.7. The van der Waals surface area contributed by atoms with Gasteiger partial charge >= 0.3 is 6.18 Å². The standard InChI is InChI=1S/C13H8F3N3/c14-13(15,16)11-4-1-5-12-10(11)8-18-19(12)9-3-2-6-17-7-9/h1-8H. The van der Waals surface area contributed by atoms with Gasteiger partial charge in [0.1, 0.15) is 0 Å². The Morgan fingerprint density at radius 1 is 1.00 bits per heavy atom. The maximum atomic E-state index is 12.9. The molecule has 0 bridgehead atoms. The maximum absolute atomic E-state index is 12.9. The molecule has 3 aromatic rings. The van der Waals surface area contributed by atoms with E-state index in [-0.39, 0.29) is 5.39 Å². The van der Waals surface area contributed by atoms with E-state index < -0.39 is 11.7 Å². The number of fused-ring (bicyclic) bond motifs is 1. The lowest BCUT2D eigenvalue weighted by molar-refractivity contribution is -0.136. The first-order valence-corrected chi connectivity index (χ1v) is 5.52. The molecule has 0 aliphatic carbocycles. The third-order valence-corrected chi connectivity index (χ3v) is 2.81. The van der Waals surface area contributed by atoms with E-state index in [1.807, 2.05) is 0 Å². The maximum Gasteiger partial charge on any atom is 0.417 e. The molecule has 0 fully saturated rings. The summed E-state index contributed by atoms with van der Waals surface area (Å²) in [7, 11) is 0. The molecular weight excluding hydrogens is 255 g/mol. The highest BCUT2D eigenvalue weighted by Gasteiger charge is 2.33. The van der Waals surface area contributed by atoms with E-state index in [1.165, 1.54) is 16.9 Å². The van der Waals surface area contributed by atoms with Gasteiger partial charge in [-0.15, -0.1) is 0 Å². The largest absolute Gasteiger partial charge is 0.417 e. The monoisotopic (exact) mass is 263 g/mol. The first-order valence-electron chi connectivity index (χ1n) is 5.52. The number of halogens is 3. The van der Waals surface area contributed by atoms with Crippen molar-refractivity contribution in [1.29, 1.82) is 0 Å². The van der Waals surface area contributed by atoms with Crippen LogP contribution >= 0.6 is 0 Å². The van der Waals surface area contributed by atoms with E-state index in [9.17, 15) is 13.2 Å². The summed E-state index contributed by atoms with van der Waals surface area (Å²) in [6, 6.07) is 7.47. The summed E-state index contributed by atoms with van der Waals surface area (Å²) in [5.74, 6) is 0. The molecule has 0 saturated carbocycles. The minimum Gasteiger partial charge on any atom is -0.262 e. The summed E-state index contributed by atoms with van der Waals surface area (Å²) < 4.78 is 40.1. The number of rotatable bonds is 1. The molecule has 1 aromatic carbocycles. The fourth-order valence-corrected chi connectivity index (χ4v) is 1.98. The Balaban J connectivity index is 2.26. The average Bonchev–Trinajstić information content (AvgIpc) is 2.82. The Morgan fingerprint density at radius 2 is 1.84 bits per heavy atom. The molecule has 0 aliphatic heterocycles. The predicted molar refractivity (Wildman–Crippen MR) is 63.9 cm³/mol. The average molecular weight is 263 g/mol. The van der Waals surface area contributed by atoms with Gasteiger partial charge in [0.05, 0.1) is 29.2 Å². The van der Waals surface area contributed by atoms with Gasteiger partial charge in [-0.2, -0.15) is 18.3 Å². The normalized spacial score (nSPS) is 11.9. The Labute approximate surface area is 106 Å². The Bertz CT molecular complexity index is 717. The second-order valence-electron chi connectivity index (χ2n) is 4.00. The third-order valence-electron chi connectivity index (χ3n) is 2.81. The summed E-state index contributed by atoms with van der Waals surface area (Å²) in [5.41, 5.74) is 0.347. The summed E-state index contributed by atoms with van der Waals surface area (Å²) in [4.78, 5) is 3.94. The van der Waals surface area contributed by atoms with Crippen molar-refractivity contribution < 1.29 is 13.2 Å². The molecule has 2 aromatic heterocycles. The zero-order valence-corrected chi connectivity index (χ0v) is 9.59. The number of nitrogens with zero attached hydrogens (tertiary/aromatic N) is 3. The molecule has 2 heterocycles. The molecule has 3 rings (SSSR count). The van der Waals surface area contributed by atoms with Gasteiger partial charge in [-0.25, -0.2) is 4.68 Å². The minimum absolute atomic E-state index is 0.0823. The molecule has 0 radical (unpaired) electrons. The smallest absolute Gasteiger partial charge is 0.262 e. The van der Waals surface area contributed by atoms with Crippen LogP contribution < -0.4 is 0 Å². The van der Waals surface area contributed by atoms with Gasteiger partial charge in [-0.3, -0.25) is 4.98 Å². The van der Waals surface area contributed by atoms with E-state index in [1.54, 1.807) is 30.6 Å². The van der Waals surface area contributed by atoms with Crippen LogP contribution in [0.4, 0.5) is 13.2 Å². The van der Waals surface area contributed by atoms with Gasteiger partial charge in [0.2, 0.25) is 0 Å². The van der Waals surface area contributed by atoms with E-state index in [0.29, 0.717) is 11.2 Å². The van der Waals surface area contributed by atoms with Gasteiger partial charge in [0, 0.05) is 11.6 Å². The van der Waals surface area contributed by atoms with Crippen molar-refractivity contribution in [2.24, 2.45) is 0 Å². The molecule has 6 heteroatoms. The van der Waals surface area contributed by atoms with Crippen LogP contribution in [0.3, 0.4) is 0 Å². The van der Waals surface area contributed by atoms with Gasteiger partial charge in [-0.1, -0.05) is 6.07 Å². The van der Waals surface area contributed by atoms with Crippen molar-refractivity contribution >= 4 is 10.9 Å². The van der Waals surface area contributed by atoms with Crippen LogP contribution in [-0.2, 0) is 6.18 Å². The molecule has 0 N–H and O–H groups in total. The molecule has 19 heavy (non-hydrogen) atoms. The quantitative estimate of drug-likeness (QED) is 0.673. The van der Waals surface area contributed by atoms with Gasteiger partial charge in [-0.05, 0) is 24.3 Å². The van der Waals surface area contributed by atoms with E-state index in [4.69, 9.17) is 0 Å². The molecule has 3 nitrogen and oxygen atoms in total. The van der Waals surface area contributed by atoms with Crippen molar-refractivity contribution in [1.82, 2.24) is 14.8 Å². The van der Waals surface area contributed by atoms with Crippen molar-refractivity contribution in [3.63, 3.8) is 0 Å². The van der Waals surface area contributed by atoms with Crippen LogP contribution in [-0.4, -0.2) is 14.8 Å². The topological polar surface area (TPSA) is 30.7 Å². The molecule has 0 spiro atoms. The van der Waals surface area contributed by atoms with E-state index in [0.717, 1.165) is 6.07 Å². The minimum atomic E-state index is -4.39. The number of aromatic nitrogens is 3. The van der Waals surface area contributed by atoms with Crippen LogP contribution in [0.25, 0.3) is 16.6 Å². The SMILES string of the molecule is FC(F)(F)c1cccc2c1cnn2-c1cccnc1. The molecule has 0 aliphatic rings. The summed E-state index contributed by atoms with van der Waals surface area (Å²) in [6.45, 7) is 0. The number of alkyl halides is 3. The first-order chi connectivity index (χ1) is 9.07. The van der Waals surface area contributed by atoms with Crippen molar-refractivity contribution in [2.45, 2.75) is 6.18 Å². The molecule has 0 amide bonds. The fourth-order valence-electron chi connectivity index (χ4n) is 1.98. The van der Waals surface area contributed by atoms with Gasteiger partial charge in [0.25, 0.3) is 0 Å². The second-order valence-corrected chi connectivity index (χ2v) is 4.00. The molecule has 0 saturated heterocycles. The van der Waals surface area contributed by atoms with Crippen LogP contribution in [0.5, 0.6) is 0 Å². The molecule has 0 atom stereocenters. The Hall–Kier alpha value is -2.37. The number of benzene rings is 1.